The second-order valence-corrected chi connectivity index (χ2v) is 8.29. The number of alkyl halides is 3. The fourth-order valence-electron chi connectivity index (χ4n) is 4.58. The van der Waals surface area contributed by atoms with Gasteiger partial charge in [0.1, 0.15) is 17.1 Å². The lowest BCUT2D eigenvalue weighted by Gasteiger charge is -2.23. The SMILES string of the molecule is Cc1cnc(N2CC3CN(C(=O)c4c(F)cccc4-n4nccn4)CC3C2)nc1C(F)(F)F. The number of rotatable bonds is 3. The molecular weight excluding hydrogens is 442 g/mol. The Hall–Kier alpha value is -3.57. The van der Waals surface area contributed by atoms with Crippen molar-refractivity contribution in [2.45, 2.75) is 13.1 Å². The molecule has 2 aliphatic heterocycles. The Labute approximate surface area is 185 Å². The first-order valence-electron chi connectivity index (χ1n) is 10.3. The summed E-state index contributed by atoms with van der Waals surface area (Å²) in [6, 6.07) is 4.27. The first-order chi connectivity index (χ1) is 15.7. The molecule has 1 amide bonds. The lowest BCUT2D eigenvalue weighted by molar-refractivity contribution is -0.141. The summed E-state index contributed by atoms with van der Waals surface area (Å²) in [4.78, 5) is 25.5. The second-order valence-electron chi connectivity index (χ2n) is 8.29. The van der Waals surface area contributed by atoms with Crippen LogP contribution in [-0.4, -0.2) is 61.9 Å². The van der Waals surface area contributed by atoms with Gasteiger partial charge in [-0.3, -0.25) is 4.79 Å². The van der Waals surface area contributed by atoms with E-state index in [2.05, 4.69) is 20.2 Å². The van der Waals surface area contributed by atoms with Gasteiger partial charge < -0.3 is 9.80 Å². The van der Waals surface area contributed by atoms with Crippen LogP contribution >= 0.6 is 0 Å². The van der Waals surface area contributed by atoms with Crippen LogP contribution in [0.15, 0.2) is 36.8 Å². The Morgan fingerprint density at radius 3 is 2.36 bits per heavy atom. The topological polar surface area (TPSA) is 80.0 Å². The molecular formula is C21H19F4N7O. The highest BCUT2D eigenvalue weighted by Gasteiger charge is 2.44. The van der Waals surface area contributed by atoms with Crippen LogP contribution in [0.25, 0.3) is 5.69 Å². The van der Waals surface area contributed by atoms with Crippen molar-refractivity contribution in [2.24, 2.45) is 11.8 Å². The van der Waals surface area contributed by atoms with Crippen molar-refractivity contribution in [2.75, 3.05) is 31.1 Å². The molecule has 5 rings (SSSR count). The fraction of sp³-hybridized carbons (Fsp3) is 0.381. The molecule has 1 aromatic carbocycles. The Kier molecular flexibility index (Phi) is 5.02. The van der Waals surface area contributed by atoms with Gasteiger partial charge >= 0.3 is 6.18 Å². The minimum absolute atomic E-state index is 0.0197. The number of anilines is 1. The van der Waals surface area contributed by atoms with Crippen LogP contribution in [0.4, 0.5) is 23.5 Å². The van der Waals surface area contributed by atoms with Crippen LogP contribution in [0.1, 0.15) is 21.6 Å². The van der Waals surface area contributed by atoms with Gasteiger partial charge in [-0.15, -0.1) is 0 Å². The van der Waals surface area contributed by atoms with E-state index in [1.165, 1.54) is 42.4 Å². The van der Waals surface area contributed by atoms with Crippen LogP contribution < -0.4 is 4.90 Å². The first-order valence-corrected chi connectivity index (χ1v) is 10.3. The Balaban J connectivity index is 1.33. The highest BCUT2D eigenvalue weighted by molar-refractivity contribution is 5.98. The Morgan fingerprint density at radius 2 is 1.73 bits per heavy atom. The number of fused-ring (bicyclic) bond motifs is 1. The standard InChI is InChI=1S/C21H19F4N7O/c1-12-7-26-20(29-18(12)21(23,24)25)31-10-13-8-30(9-14(13)11-31)19(33)17-15(22)3-2-4-16(17)32-27-5-6-28-32/h2-7,13-14H,8-11H2,1H3. The molecule has 8 nitrogen and oxygen atoms in total. The Bertz CT molecular complexity index is 1180. The molecule has 2 aliphatic rings. The number of nitrogens with zero attached hydrogens (tertiary/aromatic N) is 7. The average Bonchev–Trinajstić information content (AvgIpc) is 3.49. The molecule has 2 unspecified atom stereocenters. The van der Waals surface area contributed by atoms with Gasteiger partial charge in [0.2, 0.25) is 5.95 Å². The van der Waals surface area contributed by atoms with Gasteiger partial charge in [0, 0.05) is 44.2 Å². The van der Waals surface area contributed by atoms with E-state index in [-0.39, 0.29) is 34.6 Å². The Morgan fingerprint density at radius 1 is 1.06 bits per heavy atom. The van der Waals surface area contributed by atoms with Gasteiger partial charge in [-0.2, -0.15) is 28.2 Å². The number of carbonyl (C=O) groups excluding carboxylic acids is 1. The summed E-state index contributed by atoms with van der Waals surface area (Å²) >= 11 is 0. The van der Waals surface area contributed by atoms with Crippen molar-refractivity contribution in [3.8, 4) is 5.69 Å². The number of hydrogen-bond acceptors (Lipinski definition) is 6. The summed E-state index contributed by atoms with van der Waals surface area (Å²) in [6.45, 7) is 2.88. The summed E-state index contributed by atoms with van der Waals surface area (Å²) in [5, 5.41) is 7.99. The summed E-state index contributed by atoms with van der Waals surface area (Å²) in [5.74, 6) is -1.06. The lowest BCUT2D eigenvalue weighted by atomic mass is 10.0. The largest absolute Gasteiger partial charge is 0.433 e. The maximum Gasteiger partial charge on any atom is 0.433 e. The number of benzene rings is 1. The number of amides is 1. The number of hydrogen-bond donors (Lipinski definition) is 0. The third-order valence-electron chi connectivity index (χ3n) is 6.12. The van der Waals surface area contributed by atoms with E-state index in [0.717, 1.165) is 0 Å². The molecule has 0 N–H and O–H groups in total. The van der Waals surface area contributed by atoms with Crippen molar-refractivity contribution >= 4 is 11.9 Å². The van der Waals surface area contributed by atoms with Gasteiger partial charge in [0.15, 0.2) is 5.69 Å². The number of carbonyl (C=O) groups is 1. The summed E-state index contributed by atoms with van der Waals surface area (Å²) in [5.41, 5.74) is -0.839. The average molecular weight is 461 g/mol. The van der Waals surface area contributed by atoms with Crippen molar-refractivity contribution in [1.82, 2.24) is 29.9 Å². The zero-order chi connectivity index (χ0) is 23.3. The number of aromatic nitrogens is 5. The molecule has 2 fully saturated rings. The fourth-order valence-corrected chi connectivity index (χ4v) is 4.58. The normalized spacial score (nSPS) is 20.4. The van der Waals surface area contributed by atoms with Crippen LogP contribution in [0.3, 0.4) is 0 Å². The molecule has 2 atom stereocenters. The molecule has 2 aromatic heterocycles. The van der Waals surface area contributed by atoms with E-state index < -0.39 is 23.6 Å². The monoisotopic (exact) mass is 461 g/mol. The predicted molar refractivity (Wildman–Crippen MR) is 108 cm³/mol. The zero-order valence-corrected chi connectivity index (χ0v) is 17.5. The summed E-state index contributed by atoms with van der Waals surface area (Å²) < 4.78 is 54.3. The quantitative estimate of drug-likeness (QED) is 0.558. The molecule has 4 heterocycles. The molecule has 0 radical (unpaired) electrons. The third-order valence-corrected chi connectivity index (χ3v) is 6.12. The van der Waals surface area contributed by atoms with Crippen molar-refractivity contribution in [3.05, 3.63) is 59.4 Å². The molecule has 0 bridgehead atoms. The third kappa shape index (κ3) is 3.79. The van der Waals surface area contributed by atoms with Gasteiger partial charge in [-0.05, 0) is 24.6 Å². The molecule has 2 saturated heterocycles. The van der Waals surface area contributed by atoms with Crippen molar-refractivity contribution in [1.29, 1.82) is 0 Å². The molecule has 0 aliphatic carbocycles. The van der Waals surface area contributed by atoms with E-state index in [1.54, 1.807) is 15.9 Å². The summed E-state index contributed by atoms with van der Waals surface area (Å²) in [6.07, 6.45) is -0.504. The lowest BCUT2D eigenvalue weighted by Crippen LogP contribution is -2.35. The van der Waals surface area contributed by atoms with Gasteiger partial charge in [0.05, 0.1) is 12.4 Å². The molecule has 3 aromatic rings. The van der Waals surface area contributed by atoms with Crippen molar-refractivity contribution in [3.63, 3.8) is 0 Å². The van der Waals surface area contributed by atoms with Crippen LogP contribution in [-0.2, 0) is 6.18 Å². The molecule has 12 heteroatoms. The first kappa shape index (κ1) is 21.3. The molecule has 172 valence electrons. The van der Waals surface area contributed by atoms with E-state index in [4.69, 9.17) is 0 Å². The van der Waals surface area contributed by atoms with Gasteiger partial charge in [-0.1, -0.05) is 6.07 Å². The van der Waals surface area contributed by atoms with Crippen LogP contribution in [0.5, 0.6) is 0 Å². The zero-order valence-electron chi connectivity index (χ0n) is 17.5. The number of likely N-dealkylation sites (tertiary alicyclic amines) is 1. The minimum Gasteiger partial charge on any atom is -0.340 e. The van der Waals surface area contributed by atoms with Crippen LogP contribution in [0.2, 0.25) is 0 Å². The highest BCUT2D eigenvalue weighted by atomic mass is 19.4. The van der Waals surface area contributed by atoms with E-state index in [9.17, 15) is 22.4 Å². The van der Waals surface area contributed by atoms with E-state index in [0.29, 0.717) is 26.2 Å². The molecule has 33 heavy (non-hydrogen) atoms. The highest BCUT2D eigenvalue weighted by Crippen LogP contribution is 2.36. The number of aryl methyl sites for hydroxylation is 1. The molecule has 0 saturated carbocycles. The summed E-state index contributed by atoms with van der Waals surface area (Å²) in [7, 11) is 0. The number of halogens is 4. The van der Waals surface area contributed by atoms with Gasteiger partial charge in [0.25, 0.3) is 5.91 Å². The van der Waals surface area contributed by atoms with Crippen molar-refractivity contribution < 1.29 is 22.4 Å². The molecule has 0 spiro atoms. The maximum absolute atomic E-state index is 14.7. The maximum atomic E-state index is 14.7. The van der Waals surface area contributed by atoms with E-state index >= 15 is 0 Å². The predicted octanol–water partition coefficient (Wildman–Crippen LogP) is 2.73. The van der Waals surface area contributed by atoms with Gasteiger partial charge in [-0.25, -0.2) is 14.4 Å². The van der Waals surface area contributed by atoms with Crippen LogP contribution in [0, 0.1) is 24.6 Å². The minimum atomic E-state index is -4.55. The van der Waals surface area contributed by atoms with E-state index in [1.807, 2.05) is 0 Å². The smallest absolute Gasteiger partial charge is 0.340 e. The second kappa shape index (κ2) is 7.78.